The molecule has 0 saturated carbocycles. The molecule has 0 aliphatic rings. The quantitative estimate of drug-likeness (QED) is 0.409. The van der Waals surface area contributed by atoms with E-state index in [2.05, 4.69) is 20.4 Å². The normalized spacial score (nSPS) is 13.3. The fourth-order valence-electron chi connectivity index (χ4n) is 3.65. The van der Waals surface area contributed by atoms with Gasteiger partial charge in [-0.3, -0.25) is 14.8 Å². The zero-order chi connectivity index (χ0) is 29.3. The van der Waals surface area contributed by atoms with E-state index in [0.29, 0.717) is 5.69 Å². The van der Waals surface area contributed by atoms with Crippen molar-refractivity contribution in [3.8, 4) is 11.6 Å². The number of amides is 1. The monoisotopic (exact) mass is 569 g/mol. The molecule has 14 heteroatoms. The molecular formula is C25H30F3N5O5S. The molecule has 10 nitrogen and oxygen atoms in total. The topological polar surface area (TPSA) is 136 Å². The maximum atomic E-state index is 14.0. The molecule has 3 aromatic heterocycles. The van der Waals surface area contributed by atoms with E-state index in [1.165, 1.54) is 43.8 Å². The lowest BCUT2D eigenvalue weighted by atomic mass is 10.0. The van der Waals surface area contributed by atoms with Crippen molar-refractivity contribution >= 4 is 15.7 Å². The predicted octanol–water partition coefficient (Wildman–Crippen LogP) is 4.32. The van der Waals surface area contributed by atoms with Gasteiger partial charge >= 0.3 is 6.18 Å². The summed E-state index contributed by atoms with van der Waals surface area (Å²) in [5.74, 6) is -1.46. The number of nitrogens with one attached hydrogen (secondary N) is 1. The van der Waals surface area contributed by atoms with Gasteiger partial charge in [-0.25, -0.2) is 13.1 Å². The Labute approximate surface area is 224 Å². The first-order chi connectivity index (χ1) is 18.0. The minimum Gasteiger partial charge on any atom is -0.437 e. The van der Waals surface area contributed by atoms with Crippen molar-refractivity contribution in [3.05, 3.63) is 58.8 Å². The molecule has 0 aliphatic carbocycles. The Morgan fingerprint density at radius 3 is 2.36 bits per heavy atom. The fraction of sp³-hybridized carbons (Fsp3) is 0.440. The standard InChI is InChI=1S/C25H30F3N5O5S/c1-7-39(36,37)17-9-8-16(30-11-17)10-31-22(35)21-14(2)23(33(32-21)24(4,5)6)38-19-13-29-12-18(15(3)34)20(19)25(26,27)28/h8-9,11-13,15,34H,7,10H2,1-6H3,(H,31,35). The third-order valence-electron chi connectivity index (χ3n) is 5.77. The number of alkyl halides is 3. The van der Waals surface area contributed by atoms with E-state index in [1.807, 2.05) is 0 Å². The number of carbonyl (C=O) groups is 1. The van der Waals surface area contributed by atoms with Gasteiger partial charge in [0, 0.05) is 23.5 Å². The van der Waals surface area contributed by atoms with Crippen LogP contribution in [0.3, 0.4) is 0 Å². The summed E-state index contributed by atoms with van der Waals surface area (Å²) in [5.41, 5.74) is -1.96. The zero-order valence-electron chi connectivity index (χ0n) is 22.3. The smallest absolute Gasteiger partial charge is 0.420 e. The van der Waals surface area contributed by atoms with E-state index in [4.69, 9.17) is 4.74 Å². The van der Waals surface area contributed by atoms with Gasteiger partial charge in [-0.05, 0) is 46.8 Å². The van der Waals surface area contributed by atoms with Crippen molar-refractivity contribution in [3.63, 3.8) is 0 Å². The lowest BCUT2D eigenvalue weighted by Crippen LogP contribution is -2.27. The maximum Gasteiger partial charge on any atom is 0.420 e. The summed E-state index contributed by atoms with van der Waals surface area (Å²) in [6.45, 7) is 9.35. The molecule has 0 fully saturated rings. The highest BCUT2D eigenvalue weighted by molar-refractivity contribution is 7.91. The van der Waals surface area contributed by atoms with Gasteiger partial charge in [0.15, 0.2) is 21.3 Å². The van der Waals surface area contributed by atoms with Gasteiger partial charge in [0.05, 0.1) is 40.7 Å². The summed E-state index contributed by atoms with van der Waals surface area (Å²) in [6, 6.07) is 2.87. The Bertz CT molecular complexity index is 1460. The van der Waals surface area contributed by atoms with Crippen LogP contribution in [0.15, 0.2) is 35.6 Å². The van der Waals surface area contributed by atoms with E-state index < -0.39 is 50.4 Å². The lowest BCUT2D eigenvalue weighted by Gasteiger charge is -2.24. The molecular weight excluding hydrogens is 539 g/mol. The van der Waals surface area contributed by atoms with Gasteiger partial charge < -0.3 is 15.2 Å². The number of hydrogen-bond acceptors (Lipinski definition) is 8. The molecule has 3 aromatic rings. The Morgan fingerprint density at radius 1 is 1.18 bits per heavy atom. The summed E-state index contributed by atoms with van der Waals surface area (Å²) < 4.78 is 72.9. The summed E-state index contributed by atoms with van der Waals surface area (Å²) in [6.07, 6.45) is -3.30. The van der Waals surface area contributed by atoms with Gasteiger partial charge in [-0.1, -0.05) is 6.92 Å². The highest BCUT2D eigenvalue weighted by Gasteiger charge is 2.39. The van der Waals surface area contributed by atoms with E-state index >= 15 is 0 Å². The number of ether oxygens (including phenoxy) is 1. The molecule has 0 aromatic carbocycles. The van der Waals surface area contributed by atoms with Crippen LogP contribution in [0.2, 0.25) is 0 Å². The molecule has 1 unspecified atom stereocenters. The van der Waals surface area contributed by atoms with Crippen molar-refractivity contribution in [2.75, 3.05) is 5.75 Å². The third-order valence-corrected chi connectivity index (χ3v) is 7.49. The van der Waals surface area contributed by atoms with Crippen molar-refractivity contribution in [1.29, 1.82) is 0 Å². The molecule has 0 spiro atoms. The first kappa shape index (κ1) is 30.0. The number of pyridine rings is 2. The molecule has 1 atom stereocenters. The van der Waals surface area contributed by atoms with Crippen LogP contribution in [-0.2, 0) is 28.1 Å². The Kier molecular flexibility index (Phi) is 8.41. The van der Waals surface area contributed by atoms with Crippen LogP contribution in [-0.4, -0.2) is 44.9 Å². The molecule has 0 saturated heterocycles. The van der Waals surface area contributed by atoms with Gasteiger partial charge in [0.25, 0.3) is 5.91 Å². The molecule has 212 valence electrons. The number of halogens is 3. The highest BCUT2D eigenvalue weighted by atomic mass is 32.2. The fourth-order valence-corrected chi connectivity index (χ4v) is 4.47. The number of aliphatic hydroxyl groups excluding tert-OH is 1. The molecule has 39 heavy (non-hydrogen) atoms. The van der Waals surface area contributed by atoms with Gasteiger partial charge in [-0.15, -0.1) is 0 Å². The molecule has 3 heterocycles. The number of sulfone groups is 1. The number of hydrogen-bond donors (Lipinski definition) is 2. The summed E-state index contributed by atoms with van der Waals surface area (Å²) in [4.78, 5) is 21.0. The second kappa shape index (κ2) is 10.9. The third kappa shape index (κ3) is 6.56. The molecule has 2 N–H and O–H groups in total. The van der Waals surface area contributed by atoms with Crippen LogP contribution in [0.5, 0.6) is 11.6 Å². The zero-order valence-corrected chi connectivity index (χ0v) is 23.1. The summed E-state index contributed by atoms with van der Waals surface area (Å²) in [5, 5.41) is 16.9. The molecule has 0 bridgehead atoms. The van der Waals surface area contributed by atoms with Gasteiger partial charge in [0.1, 0.15) is 5.56 Å². The first-order valence-corrected chi connectivity index (χ1v) is 13.6. The largest absolute Gasteiger partial charge is 0.437 e. The number of rotatable bonds is 8. The van der Waals surface area contributed by atoms with Crippen LogP contribution in [0.4, 0.5) is 13.2 Å². The van der Waals surface area contributed by atoms with Gasteiger partial charge in [0.2, 0.25) is 5.88 Å². The van der Waals surface area contributed by atoms with E-state index in [-0.39, 0.29) is 34.3 Å². The van der Waals surface area contributed by atoms with Crippen molar-refractivity contribution in [1.82, 2.24) is 25.1 Å². The average molecular weight is 570 g/mol. The molecule has 0 aliphatic heterocycles. The predicted molar refractivity (Wildman–Crippen MR) is 135 cm³/mol. The van der Waals surface area contributed by atoms with E-state index in [9.17, 15) is 31.5 Å². The van der Waals surface area contributed by atoms with Crippen molar-refractivity contribution in [2.45, 2.75) is 70.8 Å². The Hall–Kier alpha value is -3.52. The van der Waals surface area contributed by atoms with Crippen molar-refractivity contribution in [2.24, 2.45) is 0 Å². The Balaban J connectivity index is 1.95. The van der Waals surface area contributed by atoms with Crippen LogP contribution in [0.25, 0.3) is 0 Å². The molecule has 1 amide bonds. The minimum absolute atomic E-state index is 0.0537. The SMILES string of the molecule is CCS(=O)(=O)c1ccc(CNC(=O)c2nn(C(C)(C)C)c(Oc3cncc(C(C)O)c3C(F)(F)F)c2C)nc1. The number of nitrogens with zero attached hydrogens (tertiary/aromatic N) is 4. The minimum atomic E-state index is -4.86. The summed E-state index contributed by atoms with van der Waals surface area (Å²) >= 11 is 0. The second-order valence-corrected chi connectivity index (χ2v) is 12.1. The van der Waals surface area contributed by atoms with Crippen LogP contribution in [0, 0.1) is 6.92 Å². The van der Waals surface area contributed by atoms with Crippen LogP contribution >= 0.6 is 0 Å². The maximum absolute atomic E-state index is 14.0. The second-order valence-electron chi connectivity index (χ2n) is 9.81. The first-order valence-electron chi connectivity index (χ1n) is 11.9. The molecule has 3 rings (SSSR count). The number of aliphatic hydroxyl groups is 1. The number of aromatic nitrogens is 4. The van der Waals surface area contributed by atoms with E-state index in [0.717, 1.165) is 12.4 Å². The van der Waals surface area contributed by atoms with Gasteiger partial charge in [-0.2, -0.15) is 18.3 Å². The molecule has 0 radical (unpaired) electrons. The average Bonchev–Trinajstić information content (AvgIpc) is 3.18. The lowest BCUT2D eigenvalue weighted by molar-refractivity contribution is -0.140. The summed E-state index contributed by atoms with van der Waals surface area (Å²) in [7, 11) is -3.42. The van der Waals surface area contributed by atoms with Crippen molar-refractivity contribution < 1.29 is 36.2 Å². The Morgan fingerprint density at radius 2 is 1.85 bits per heavy atom. The van der Waals surface area contributed by atoms with Crippen LogP contribution in [0.1, 0.15) is 73.6 Å². The van der Waals surface area contributed by atoms with E-state index in [1.54, 1.807) is 20.8 Å². The van der Waals surface area contributed by atoms with Crippen LogP contribution < -0.4 is 10.1 Å². The number of carbonyl (C=O) groups excluding carboxylic acids is 1. The highest BCUT2D eigenvalue weighted by Crippen LogP contribution is 2.43.